The van der Waals surface area contributed by atoms with Gasteiger partial charge in [-0.25, -0.2) is 0 Å². The Bertz CT molecular complexity index is 940. The third kappa shape index (κ3) is 7.64. The predicted octanol–water partition coefficient (Wildman–Crippen LogP) is 8.81. The van der Waals surface area contributed by atoms with Crippen LogP contribution in [0.2, 0.25) is 0 Å². The number of carbonyl (C=O) groups excluding carboxylic acids is 2. The summed E-state index contributed by atoms with van der Waals surface area (Å²) in [6.45, 7) is 14.5. The number of aliphatic hydroxyl groups excluding tert-OH is 1. The minimum Gasteiger partial charge on any atom is -0.463 e. The molecule has 0 radical (unpaired) electrons. The molecule has 0 amide bonds. The number of ether oxygens (including phenoxy) is 2. The molecular formula is C37H62O5. The van der Waals surface area contributed by atoms with Crippen LogP contribution in [-0.2, 0) is 19.1 Å². The van der Waals surface area contributed by atoms with Crippen LogP contribution in [0.25, 0.3) is 0 Å². The van der Waals surface area contributed by atoms with Crippen LogP contribution in [0.1, 0.15) is 144 Å². The monoisotopic (exact) mass is 586 g/mol. The van der Waals surface area contributed by atoms with Gasteiger partial charge >= 0.3 is 11.9 Å². The molecule has 4 aliphatic carbocycles. The lowest BCUT2D eigenvalue weighted by molar-refractivity contribution is -0.156. The summed E-state index contributed by atoms with van der Waals surface area (Å²) >= 11 is 0. The van der Waals surface area contributed by atoms with Crippen molar-refractivity contribution < 1.29 is 24.2 Å². The molecule has 0 aromatic rings. The molecule has 0 aliphatic heterocycles. The maximum Gasteiger partial charge on any atom is 0.306 e. The Labute approximate surface area is 257 Å². The molecule has 3 saturated carbocycles. The van der Waals surface area contributed by atoms with Gasteiger partial charge in [0.1, 0.15) is 12.7 Å². The predicted molar refractivity (Wildman–Crippen MR) is 169 cm³/mol. The van der Waals surface area contributed by atoms with Gasteiger partial charge < -0.3 is 14.6 Å². The van der Waals surface area contributed by atoms with Crippen molar-refractivity contribution in [2.75, 3.05) is 6.61 Å². The lowest BCUT2D eigenvalue weighted by Gasteiger charge is -2.58. The van der Waals surface area contributed by atoms with Crippen LogP contribution < -0.4 is 0 Å². The molecule has 9 atom stereocenters. The molecule has 0 spiro atoms. The standard InChI is InChI=1S/C37H62O5/c1-7-8-12-28(38)24-41-34(39)17-18-35(40)42-29-19-21-36(5)27(23-29)13-14-30-32-16-15-31(26(4)11-9-10-25(2)3)37(32,6)22-20-33(30)36/h13,25-26,28-33,38H,7-12,14-24H2,1-6H3/t26-,28?,29?,30+,31-,32?,33?,36+,37-/m1/s1. The highest BCUT2D eigenvalue weighted by Crippen LogP contribution is 2.67. The van der Waals surface area contributed by atoms with Crippen LogP contribution in [0.4, 0.5) is 0 Å². The molecule has 4 aliphatic rings. The van der Waals surface area contributed by atoms with Gasteiger partial charge in [0.2, 0.25) is 0 Å². The number of allylic oxidation sites excluding steroid dienone is 1. The summed E-state index contributed by atoms with van der Waals surface area (Å²) in [6, 6.07) is 0. The average molecular weight is 587 g/mol. The van der Waals surface area contributed by atoms with Gasteiger partial charge in [0.25, 0.3) is 0 Å². The van der Waals surface area contributed by atoms with Gasteiger partial charge in [-0.1, -0.05) is 85.3 Å². The fourth-order valence-electron chi connectivity index (χ4n) is 9.99. The van der Waals surface area contributed by atoms with Gasteiger partial charge in [0, 0.05) is 6.42 Å². The number of hydrogen-bond acceptors (Lipinski definition) is 5. The van der Waals surface area contributed by atoms with E-state index in [2.05, 4.69) is 47.6 Å². The Balaban J connectivity index is 1.27. The highest BCUT2D eigenvalue weighted by atomic mass is 16.5. The molecule has 0 aromatic carbocycles. The molecule has 42 heavy (non-hydrogen) atoms. The molecule has 5 heteroatoms. The zero-order valence-corrected chi connectivity index (χ0v) is 27.8. The molecule has 0 bridgehead atoms. The molecule has 240 valence electrons. The minimum atomic E-state index is -0.628. The third-order valence-electron chi connectivity index (χ3n) is 12.4. The summed E-state index contributed by atoms with van der Waals surface area (Å²) in [5.41, 5.74) is 2.26. The van der Waals surface area contributed by atoms with Crippen LogP contribution in [0.15, 0.2) is 11.6 Å². The van der Waals surface area contributed by atoms with Gasteiger partial charge in [0.15, 0.2) is 0 Å². The summed E-state index contributed by atoms with van der Waals surface area (Å²) < 4.78 is 11.0. The largest absolute Gasteiger partial charge is 0.463 e. The summed E-state index contributed by atoms with van der Waals surface area (Å²) in [5, 5.41) is 9.87. The minimum absolute atomic E-state index is 0.00337. The quantitative estimate of drug-likeness (QED) is 0.163. The van der Waals surface area contributed by atoms with Crippen LogP contribution >= 0.6 is 0 Å². The van der Waals surface area contributed by atoms with E-state index in [-0.39, 0.29) is 36.9 Å². The second-order valence-electron chi connectivity index (χ2n) is 15.6. The Hall–Kier alpha value is -1.36. The first-order valence-corrected chi connectivity index (χ1v) is 17.7. The molecule has 0 heterocycles. The Morgan fingerprint density at radius 3 is 2.45 bits per heavy atom. The summed E-state index contributed by atoms with van der Waals surface area (Å²) in [5.74, 6) is 4.19. The number of esters is 2. The van der Waals surface area contributed by atoms with Crippen molar-refractivity contribution >= 4 is 11.9 Å². The molecule has 0 saturated heterocycles. The molecule has 4 rings (SSSR count). The first-order chi connectivity index (χ1) is 20.0. The molecular weight excluding hydrogens is 524 g/mol. The van der Waals surface area contributed by atoms with Gasteiger partial charge in [0.05, 0.1) is 18.9 Å². The van der Waals surface area contributed by atoms with Crippen LogP contribution in [0.3, 0.4) is 0 Å². The Kier molecular flexibility index (Phi) is 11.7. The summed E-state index contributed by atoms with van der Waals surface area (Å²) in [6.07, 6.45) is 18.1. The lowest BCUT2D eigenvalue weighted by atomic mass is 9.47. The normalized spacial score (nSPS) is 35.4. The van der Waals surface area contributed by atoms with E-state index < -0.39 is 12.1 Å². The highest BCUT2D eigenvalue weighted by molar-refractivity contribution is 5.77. The van der Waals surface area contributed by atoms with Gasteiger partial charge in [-0.3, -0.25) is 9.59 Å². The fraction of sp³-hybridized carbons (Fsp3) is 0.892. The van der Waals surface area contributed by atoms with Crippen molar-refractivity contribution in [3.05, 3.63) is 11.6 Å². The third-order valence-corrected chi connectivity index (χ3v) is 12.4. The van der Waals surface area contributed by atoms with E-state index in [9.17, 15) is 14.7 Å². The Morgan fingerprint density at radius 1 is 0.952 bits per heavy atom. The van der Waals surface area contributed by atoms with Crippen LogP contribution in [0.5, 0.6) is 0 Å². The molecule has 3 fully saturated rings. The van der Waals surface area contributed by atoms with E-state index in [0.717, 1.165) is 67.6 Å². The van der Waals surface area contributed by atoms with Crippen molar-refractivity contribution in [1.29, 1.82) is 0 Å². The van der Waals surface area contributed by atoms with E-state index in [1.165, 1.54) is 56.9 Å². The average Bonchev–Trinajstić information content (AvgIpc) is 3.31. The zero-order chi connectivity index (χ0) is 30.5. The van der Waals surface area contributed by atoms with Crippen LogP contribution in [0, 0.1) is 46.3 Å². The van der Waals surface area contributed by atoms with Crippen molar-refractivity contribution in [3.63, 3.8) is 0 Å². The molecule has 0 aromatic heterocycles. The van der Waals surface area contributed by atoms with Gasteiger partial charge in [-0.15, -0.1) is 0 Å². The number of unbranched alkanes of at least 4 members (excludes halogenated alkanes) is 1. The summed E-state index contributed by atoms with van der Waals surface area (Å²) in [7, 11) is 0. The lowest BCUT2D eigenvalue weighted by Crippen LogP contribution is -2.51. The second kappa shape index (κ2) is 14.6. The SMILES string of the molecule is CCCCC(O)COC(=O)CCC(=O)OC1CC[C@@]2(C)C(=CC[C@@H]3C2CC[C@@]2(C)C3CC[C@@H]2[C@H](C)CCCC(C)C)C1. The Morgan fingerprint density at radius 2 is 1.71 bits per heavy atom. The number of carbonyl (C=O) groups is 2. The molecule has 1 N–H and O–H groups in total. The number of fused-ring (bicyclic) bond motifs is 5. The fourth-order valence-corrected chi connectivity index (χ4v) is 9.99. The van der Waals surface area contributed by atoms with Crippen LogP contribution in [-0.4, -0.2) is 35.9 Å². The second-order valence-corrected chi connectivity index (χ2v) is 15.6. The summed E-state index contributed by atoms with van der Waals surface area (Å²) in [4.78, 5) is 24.7. The number of hydrogen-bond donors (Lipinski definition) is 1. The van der Waals surface area contributed by atoms with Crippen molar-refractivity contribution in [2.24, 2.45) is 46.3 Å². The van der Waals surface area contributed by atoms with E-state index in [0.29, 0.717) is 11.8 Å². The maximum absolute atomic E-state index is 12.6. The van der Waals surface area contributed by atoms with Crippen molar-refractivity contribution in [3.8, 4) is 0 Å². The topological polar surface area (TPSA) is 72.8 Å². The first kappa shape index (κ1) is 33.5. The van der Waals surface area contributed by atoms with E-state index in [1.807, 2.05) is 0 Å². The number of rotatable bonds is 14. The maximum atomic E-state index is 12.6. The molecule has 5 nitrogen and oxygen atoms in total. The van der Waals surface area contributed by atoms with Gasteiger partial charge in [-0.05, 0) is 97.7 Å². The smallest absolute Gasteiger partial charge is 0.306 e. The van der Waals surface area contributed by atoms with Crippen molar-refractivity contribution in [1.82, 2.24) is 0 Å². The van der Waals surface area contributed by atoms with E-state index in [1.54, 1.807) is 0 Å². The zero-order valence-electron chi connectivity index (χ0n) is 27.8. The van der Waals surface area contributed by atoms with Crippen molar-refractivity contribution in [2.45, 2.75) is 156 Å². The first-order valence-electron chi connectivity index (χ1n) is 17.7. The number of aliphatic hydroxyl groups is 1. The molecule has 4 unspecified atom stereocenters. The van der Waals surface area contributed by atoms with Gasteiger partial charge in [-0.2, -0.15) is 0 Å². The van der Waals surface area contributed by atoms with E-state index in [4.69, 9.17) is 9.47 Å². The highest BCUT2D eigenvalue weighted by Gasteiger charge is 2.59. The van der Waals surface area contributed by atoms with E-state index >= 15 is 0 Å².